The van der Waals surface area contributed by atoms with Crippen molar-refractivity contribution in [3.05, 3.63) is 58.9 Å². The summed E-state index contributed by atoms with van der Waals surface area (Å²) in [4.78, 5) is 11.2. The molecule has 0 unspecified atom stereocenters. The fourth-order valence-electron chi connectivity index (χ4n) is 1.76. The van der Waals surface area contributed by atoms with Gasteiger partial charge in [0.15, 0.2) is 0 Å². The second kappa shape index (κ2) is 6.95. The molecule has 0 saturated heterocycles. The summed E-state index contributed by atoms with van der Waals surface area (Å²) in [6.07, 6.45) is 0. The number of urea groups is 1. The highest BCUT2D eigenvalue weighted by molar-refractivity contribution is 6.31. The lowest BCUT2D eigenvalue weighted by molar-refractivity contribution is 0.254. The molecular formula is C15H15ClFN3O. The molecule has 2 aromatic rings. The summed E-state index contributed by atoms with van der Waals surface area (Å²) in [6, 6.07) is 11.4. The summed E-state index contributed by atoms with van der Waals surface area (Å²) in [5, 5.41) is 8.59. The van der Waals surface area contributed by atoms with Gasteiger partial charge in [0, 0.05) is 35.6 Å². The Hall–Kier alpha value is -2.27. The molecule has 0 bridgehead atoms. The lowest BCUT2D eigenvalue weighted by Crippen LogP contribution is -2.24. The van der Waals surface area contributed by atoms with Gasteiger partial charge in [-0.3, -0.25) is 0 Å². The Kier molecular flexibility index (Phi) is 5.00. The first-order valence-corrected chi connectivity index (χ1v) is 6.73. The van der Waals surface area contributed by atoms with E-state index in [1.165, 1.54) is 6.07 Å². The first-order valence-electron chi connectivity index (χ1n) is 6.35. The Morgan fingerprint density at radius 2 is 1.81 bits per heavy atom. The number of anilines is 2. The van der Waals surface area contributed by atoms with Crippen LogP contribution in [-0.4, -0.2) is 13.1 Å². The van der Waals surface area contributed by atoms with E-state index in [1.807, 2.05) is 0 Å². The van der Waals surface area contributed by atoms with Crippen molar-refractivity contribution in [3.8, 4) is 0 Å². The molecule has 0 aliphatic carbocycles. The maximum Gasteiger partial charge on any atom is 0.318 e. The number of benzene rings is 2. The van der Waals surface area contributed by atoms with E-state index in [4.69, 9.17) is 11.6 Å². The Morgan fingerprint density at radius 1 is 1.14 bits per heavy atom. The maximum absolute atomic E-state index is 13.6. The van der Waals surface area contributed by atoms with Crippen molar-refractivity contribution in [2.45, 2.75) is 6.54 Å². The standard InChI is InChI=1S/C15H15ClFN3O/c1-18-15(21)20-11-7-5-10(6-8-11)19-9-12-13(16)3-2-4-14(12)17/h2-8,19H,9H2,1H3,(H2,18,20,21). The van der Waals surface area contributed by atoms with Gasteiger partial charge in [0.25, 0.3) is 0 Å². The van der Waals surface area contributed by atoms with Crippen molar-refractivity contribution < 1.29 is 9.18 Å². The zero-order valence-electron chi connectivity index (χ0n) is 11.4. The molecule has 110 valence electrons. The van der Waals surface area contributed by atoms with Crippen molar-refractivity contribution in [1.29, 1.82) is 0 Å². The Labute approximate surface area is 127 Å². The molecule has 0 aliphatic rings. The van der Waals surface area contributed by atoms with Gasteiger partial charge in [-0.1, -0.05) is 17.7 Å². The summed E-state index contributed by atoms with van der Waals surface area (Å²) >= 11 is 5.96. The number of rotatable bonds is 4. The topological polar surface area (TPSA) is 53.2 Å². The monoisotopic (exact) mass is 307 g/mol. The normalized spacial score (nSPS) is 10.0. The van der Waals surface area contributed by atoms with Gasteiger partial charge in [-0.15, -0.1) is 0 Å². The van der Waals surface area contributed by atoms with Crippen LogP contribution < -0.4 is 16.0 Å². The van der Waals surface area contributed by atoms with E-state index in [9.17, 15) is 9.18 Å². The number of hydrogen-bond acceptors (Lipinski definition) is 2. The van der Waals surface area contributed by atoms with Crippen LogP contribution in [0, 0.1) is 5.82 Å². The number of nitrogens with one attached hydrogen (secondary N) is 3. The minimum absolute atomic E-state index is 0.283. The van der Waals surface area contributed by atoms with Crippen molar-refractivity contribution in [1.82, 2.24) is 5.32 Å². The molecule has 0 aromatic heterocycles. The molecule has 0 saturated carbocycles. The lowest BCUT2D eigenvalue weighted by atomic mass is 10.2. The predicted molar refractivity (Wildman–Crippen MR) is 83.3 cm³/mol. The van der Waals surface area contributed by atoms with Crippen molar-refractivity contribution in [2.24, 2.45) is 0 Å². The first kappa shape index (κ1) is 15.1. The van der Waals surface area contributed by atoms with Gasteiger partial charge in [-0.25, -0.2) is 9.18 Å². The highest BCUT2D eigenvalue weighted by Gasteiger charge is 2.06. The van der Waals surface area contributed by atoms with Gasteiger partial charge >= 0.3 is 6.03 Å². The molecule has 21 heavy (non-hydrogen) atoms. The largest absolute Gasteiger partial charge is 0.381 e. The van der Waals surface area contributed by atoms with Gasteiger partial charge in [-0.2, -0.15) is 0 Å². The number of amides is 2. The van der Waals surface area contributed by atoms with Crippen molar-refractivity contribution in [3.63, 3.8) is 0 Å². The van der Waals surface area contributed by atoms with Crippen molar-refractivity contribution in [2.75, 3.05) is 17.7 Å². The highest BCUT2D eigenvalue weighted by Crippen LogP contribution is 2.21. The summed E-state index contributed by atoms with van der Waals surface area (Å²) in [6.45, 7) is 0.285. The lowest BCUT2D eigenvalue weighted by Gasteiger charge is -2.10. The van der Waals surface area contributed by atoms with Crippen LogP contribution >= 0.6 is 11.6 Å². The molecule has 6 heteroatoms. The average molecular weight is 308 g/mol. The first-order chi connectivity index (χ1) is 10.1. The van der Waals surface area contributed by atoms with E-state index in [-0.39, 0.29) is 18.4 Å². The molecule has 2 aromatic carbocycles. The smallest absolute Gasteiger partial charge is 0.318 e. The van der Waals surface area contributed by atoms with Crippen LogP contribution in [0.4, 0.5) is 20.6 Å². The predicted octanol–water partition coefficient (Wildman–Crippen LogP) is 3.84. The van der Waals surface area contributed by atoms with E-state index in [0.717, 1.165) is 5.69 Å². The Bertz CT molecular complexity index is 611. The van der Waals surface area contributed by atoms with E-state index < -0.39 is 0 Å². The van der Waals surface area contributed by atoms with E-state index in [0.29, 0.717) is 16.3 Å². The zero-order chi connectivity index (χ0) is 15.2. The summed E-state index contributed by atoms with van der Waals surface area (Å²) in [7, 11) is 1.55. The number of halogens is 2. The fraction of sp³-hybridized carbons (Fsp3) is 0.133. The Balaban J connectivity index is 1.99. The van der Waals surface area contributed by atoms with Crippen LogP contribution in [0.25, 0.3) is 0 Å². The van der Waals surface area contributed by atoms with E-state index in [2.05, 4.69) is 16.0 Å². The molecule has 2 amide bonds. The van der Waals surface area contributed by atoms with Crippen LogP contribution in [0.1, 0.15) is 5.56 Å². The minimum Gasteiger partial charge on any atom is -0.381 e. The molecule has 0 spiro atoms. The zero-order valence-corrected chi connectivity index (χ0v) is 12.2. The summed E-state index contributed by atoms with van der Waals surface area (Å²) in [5.41, 5.74) is 1.90. The maximum atomic E-state index is 13.6. The van der Waals surface area contributed by atoms with Crippen LogP contribution in [0.2, 0.25) is 5.02 Å². The number of carbonyl (C=O) groups is 1. The molecule has 2 rings (SSSR count). The van der Waals surface area contributed by atoms with Gasteiger partial charge in [0.2, 0.25) is 0 Å². The second-order valence-electron chi connectivity index (χ2n) is 4.34. The van der Waals surface area contributed by atoms with Crippen molar-refractivity contribution >= 4 is 29.0 Å². The quantitative estimate of drug-likeness (QED) is 0.804. The second-order valence-corrected chi connectivity index (χ2v) is 4.74. The molecular weight excluding hydrogens is 293 g/mol. The molecule has 0 heterocycles. The molecule has 0 radical (unpaired) electrons. The fourth-order valence-corrected chi connectivity index (χ4v) is 1.99. The molecule has 0 aliphatic heterocycles. The van der Waals surface area contributed by atoms with Gasteiger partial charge in [-0.05, 0) is 36.4 Å². The third-order valence-electron chi connectivity index (χ3n) is 2.90. The third-order valence-corrected chi connectivity index (χ3v) is 3.25. The molecule has 0 fully saturated rings. The van der Waals surface area contributed by atoms with Crippen LogP contribution in [0.15, 0.2) is 42.5 Å². The molecule has 0 atom stereocenters. The molecule has 3 N–H and O–H groups in total. The van der Waals surface area contributed by atoms with Crippen LogP contribution in [-0.2, 0) is 6.54 Å². The average Bonchev–Trinajstić information content (AvgIpc) is 2.48. The molecule has 4 nitrogen and oxygen atoms in total. The van der Waals surface area contributed by atoms with E-state index in [1.54, 1.807) is 43.4 Å². The SMILES string of the molecule is CNC(=O)Nc1ccc(NCc2c(F)cccc2Cl)cc1. The van der Waals surface area contributed by atoms with E-state index >= 15 is 0 Å². The van der Waals surface area contributed by atoms with Crippen LogP contribution in [0.3, 0.4) is 0 Å². The van der Waals surface area contributed by atoms with Gasteiger partial charge in [0.05, 0.1) is 0 Å². The minimum atomic E-state index is -0.340. The summed E-state index contributed by atoms with van der Waals surface area (Å²) in [5.74, 6) is -0.340. The number of hydrogen-bond donors (Lipinski definition) is 3. The highest BCUT2D eigenvalue weighted by atomic mass is 35.5. The Morgan fingerprint density at radius 3 is 2.43 bits per heavy atom. The number of carbonyl (C=O) groups excluding carboxylic acids is 1. The van der Waals surface area contributed by atoms with Gasteiger partial charge < -0.3 is 16.0 Å². The third kappa shape index (κ3) is 4.10. The summed E-state index contributed by atoms with van der Waals surface area (Å²) < 4.78 is 13.6. The van der Waals surface area contributed by atoms with Crippen LogP contribution in [0.5, 0.6) is 0 Å². The van der Waals surface area contributed by atoms with Gasteiger partial charge in [0.1, 0.15) is 5.82 Å².